The molecule has 1 aromatic carbocycles. The number of aromatic nitrogens is 1. The summed E-state index contributed by atoms with van der Waals surface area (Å²) < 4.78 is 10.8. The van der Waals surface area contributed by atoms with Crippen LogP contribution in [-0.4, -0.2) is 18.0 Å². The first kappa shape index (κ1) is 16.0. The number of ether oxygens (including phenoxy) is 1. The van der Waals surface area contributed by atoms with E-state index in [9.17, 15) is 4.79 Å². The topological polar surface area (TPSA) is 64.4 Å². The fourth-order valence-corrected chi connectivity index (χ4v) is 3.16. The van der Waals surface area contributed by atoms with Crippen LogP contribution < -0.4 is 10.1 Å². The summed E-state index contributed by atoms with van der Waals surface area (Å²) in [5.41, 5.74) is 1.56. The molecule has 0 radical (unpaired) electrons. The van der Waals surface area contributed by atoms with Gasteiger partial charge >= 0.3 is 0 Å². The lowest BCUT2D eigenvalue weighted by Gasteiger charge is -2.04. The lowest BCUT2D eigenvalue weighted by Crippen LogP contribution is -2.10. The summed E-state index contributed by atoms with van der Waals surface area (Å²) in [6.45, 7) is 0. The van der Waals surface area contributed by atoms with Crippen molar-refractivity contribution < 1.29 is 13.9 Å². The van der Waals surface area contributed by atoms with Crippen LogP contribution in [0.15, 0.2) is 44.8 Å². The number of nitrogens with one attached hydrogen (secondary N) is 1. The highest BCUT2D eigenvalue weighted by Gasteiger charge is 2.14. The highest BCUT2D eigenvalue weighted by atomic mass is 79.9. The van der Waals surface area contributed by atoms with E-state index in [4.69, 9.17) is 20.8 Å². The number of carbonyl (C=O) groups excluding carboxylic acids is 1. The van der Waals surface area contributed by atoms with Gasteiger partial charge in [-0.2, -0.15) is 0 Å². The molecular weight excluding hydrogens is 404 g/mol. The molecule has 0 fully saturated rings. The number of nitrogens with zero attached hydrogens (tertiary/aromatic N) is 1. The van der Waals surface area contributed by atoms with Gasteiger partial charge in [-0.1, -0.05) is 11.6 Å². The third-order valence-corrected chi connectivity index (χ3v) is 4.45. The predicted octanol–water partition coefficient (Wildman–Crippen LogP) is 5.08. The molecule has 2 aromatic heterocycles. The van der Waals surface area contributed by atoms with Crippen LogP contribution in [0.1, 0.15) is 10.6 Å². The van der Waals surface area contributed by atoms with Crippen LogP contribution in [-0.2, 0) is 0 Å². The van der Waals surface area contributed by atoms with Crippen LogP contribution in [0.3, 0.4) is 0 Å². The molecule has 5 nitrogen and oxygen atoms in total. The minimum absolute atomic E-state index is 0.209. The minimum Gasteiger partial charge on any atom is -0.495 e. The van der Waals surface area contributed by atoms with E-state index >= 15 is 0 Å². The van der Waals surface area contributed by atoms with Crippen LogP contribution >= 0.6 is 38.9 Å². The van der Waals surface area contributed by atoms with E-state index in [1.165, 1.54) is 11.3 Å². The number of anilines is 1. The number of halogens is 2. The van der Waals surface area contributed by atoms with Gasteiger partial charge in [0.15, 0.2) is 15.6 Å². The zero-order chi connectivity index (χ0) is 16.4. The van der Waals surface area contributed by atoms with Gasteiger partial charge in [0.25, 0.3) is 5.91 Å². The van der Waals surface area contributed by atoms with Crippen LogP contribution in [0, 0.1) is 0 Å². The summed E-state index contributed by atoms with van der Waals surface area (Å²) in [6, 6.07) is 8.63. The molecule has 3 aromatic rings. The molecule has 1 N–H and O–H groups in total. The number of furan rings is 1. The Morgan fingerprint density at radius 1 is 1.39 bits per heavy atom. The van der Waals surface area contributed by atoms with Gasteiger partial charge in [-0.3, -0.25) is 10.1 Å². The maximum absolute atomic E-state index is 12.0. The average Bonchev–Trinajstić information content (AvgIpc) is 3.16. The number of benzene rings is 1. The van der Waals surface area contributed by atoms with Crippen molar-refractivity contribution in [2.75, 3.05) is 12.4 Å². The summed E-state index contributed by atoms with van der Waals surface area (Å²) in [5.74, 6) is 0.452. The van der Waals surface area contributed by atoms with Gasteiger partial charge < -0.3 is 9.15 Å². The molecule has 2 heterocycles. The molecule has 8 heteroatoms. The van der Waals surface area contributed by atoms with Gasteiger partial charge in [0.1, 0.15) is 5.75 Å². The molecule has 0 bridgehead atoms. The van der Waals surface area contributed by atoms with Gasteiger partial charge in [0.2, 0.25) is 0 Å². The van der Waals surface area contributed by atoms with E-state index in [1.54, 1.807) is 31.4 Å². The van der Waals surface area contributed by atoms with Crippen molar-refractivity contribution in [1.82, 2.24) is 4.98 Å². The van der Waals surface area contributed by atoms with E-state index in [0.717, 1.165) is 11.3 Å². The Bertz CT molecular complexity index is 862. The molecule has 118 valence electrons. The van der Waals surface area contributed by atoms with Gasteiger partial charge in [-0.05, 0) is 46.3 Å². The first-order chi connectivity index (χ1) is 11.1. The van der Waals surface area contributed by atoms with Crippen LogP contribution in [0.4, 0.5) is 5.13 Å². The molecule has 0 unspecified atom stereocenters. The largest absolute Gasteiger partial charge is 0.495 e. The Labute approximate surface area is 149 Å². The molecule has 0 aliphatic heterocycles. The third-order valence-electron chi connectivity index (χ3n) is 2.97. The Morgan fingerprint density at radius 3 is 2.87 bits per heavy atom. The highest BCUT2D eigenvalue weighted by Crippen LogP contribution is 2.31. The zero-order valence-corrected chi connectivity index (χ0v) is 15.0. The smallest absolute Gasteiger partial charge is 0.293 e. The van der Waals surface area contributed by atoms with Crippen LogP contribution in [0.25, 0.3) is 11.3 Å². The van der Waals surface area contributed by atoms with E-state index in [-0.39, 0.29) is 11.7 Å². The molecule has 0 saturated carbocycles. The zero-order valence-electron chi connectivity index (χ0n) is 11.8. The number of carbonyl (C=O) groups is 1. The second-order valence-corrected chi connectivity index (χ2v) is 6.49. The van der Waals surface area contributed by atoms with Crippen molar-refractivity contribution in [2.45, 2.75) is 0 Å². The Morgan fingerprint density at radius 2 is 2.22 bits per heavy atom. The molecular formula is C15H10BrClN2O3S. The second kappa shape index (κ2) is 6.74. The predicted molar refractivity (Wildman–Crippen MR) is 93.5 cm³/mol. The number of methoxy groups -OCH3 is 1. The molecule has 0 atom stereocenters. The fraction of sp³-hybridized carbons (Fsp3) is 0.0667. The van der Waals surface area contributed by atoms with Crippen molar-refractivity contribution in [3.63, 3.8) is 0 Å². The Hall–Kier alpha value is -1.83. The van der Waals surface area contributed by atoms with Crippen molar-refractivity contribution in [3.8, 4) is 17.0 Å². The van der Waals surface area contributed by atoms with Crippen LogP contribution in [0.5, 0.6) is 5.75 Å². The number of amides is 1. The summed E-state index contributed by atoms with van der Waals surface area (Å²) in [6.07, 6.45) is 0. The molecule has 0 aliphatic rings. The van der Waals surface area contributed by atoms with Crippen molar-refractivity contribution in [3.05, 3.63) is 51.2 Å². The maximum Gasteiger partial charge on any atom is 0.293 e. The summed E-state index contributed by atoms with van der Waals surface area (Å²) in [5, 5.41) is 5.51. The van der Waals surface area contributed by atoms with E-state index < -0.39 is 0 Å². The van der Waals surface area contributed by atoms with E-state index in [1.807, 2.05) is 11.4 Å². The van der Waals surface area contributed by atoms with Crippen molar-refractivity contribution >= 4 is 49.9 Å². The Balaban J connectivity index is 1.78. The lowest BCUT2D eigenvalue weighted by molar-refractivity contribution is 0.0995. The standard InChI is InChI=1S/C15H10BrClN2O3S/c1-21-11-3-2-8(6-9(11)17)10-7-23-15(18-10)19-14(20)12-4-5-13(16)22-12/h2-7H,1H3,(H,18,19,20). The molecule has 3 rings (SSSR count). The molecule has 1 amide bonds. The van der Waals surface area contributed by atoms with Gasteiger partial charge in [0, 0.05) is 10.9 Å². The maximum atomic E-state index is 12.0. The van der Waals surface area contributed by atoms with E-state index in [2.05, 4.69) is 26.2 Å². The SMILES string of the molecule is COc1ccc(-c2csc(NC(=O)c3ccc(Br)o3)n2)cc1Cl. The number of thiazole rings is 1. The summed E-state index contributed by atoms with van der Waals surface area (Å²) >= 11 is 10.6. The quantitative estimate of drug-likeness (QED) is 0.648. The van der Waals surface area contributed by atoms with Crippen molar-refractivity contribution in [1.29, 1.82) is 0 Å². The van der Waals surface area contributed by atoms with Crippen molar-refractivity contribution in [2.24, 2.45) is 0 Å². The fourth-order valence-electron chi connectivity index (χ4n) is 1.88. The second-order valence-electron chi connectivity index (χ2n) is 4.45. The lowest BCUT2D eigenvalue weighted by atomic mass is 10.2. The number of rotatable bonds is 4. The van der Waals surface area contributed by atoms with Crippen LogP contribution in [0.2, 0.25) is 5.02 Å². The third kappa shape index (κ3) is 3.57. The van der Waals surface area contributed by atoms with E-state index in [0.29, 0.717) is 20.6 Å². The van der Waals surface area contributed by atoms with Gasteiger partial charge in [0.05, 0.1) is 17.8 Å². The summed E-state index contributed by atoms with van der Waals surface area (Å²) in [4.78, 5) is 16.4. The molecule has 23 heavy (non-hydrogen) atoms. The van der Waals surface area contributed by atoms with Gasteiger partial charge in [-0.25, -0.2) is 4.98 Å². The first-order valence-electron chi connectivity index (χ1n) is 6.43. The highest BCUT2D eigenvalue weighted by molar-refractivity contribution is 9.10. The molecule has 0 saturated heterocycles. The number of hydrogen-bond acceptors (Lipinski definition) is 5. The summed E-state index contributed by atoms with van der Waals surface area (Å²) in [7, 11) is 1.56. The minimum atomic E-state index is -0.357. The van der Waals surface area contributed by atoms with Gasteiger partial charge in [-0.15, -0.1) is 11.3 Å². The number of hydrogen-bond donors (Lipinski definition) is 1. The Kier molecular flexibility index (Phi) is 4.70. The average molecular weight is 414 g/mol. The molecule has 0 spiro atoms. The monoisotopic (exact) mass is 412 g/mol. The normalized spacial score (nSPS) is 10.6. The first-order valence-corrected chi connectivity index (χ1v) is 8.48. The molecule has 0 aliphatic carbocycles.